The number of aromatic nitrogens is 1. The van der Waals surface area contributed by atoms with Crippen LogP contribution in [0.15, 0.2) is 18.3 Å². The van der Waals surface area contributed by atoms with Crippen molar-refractivity contribution >= 4 is 5.82 Å². The van der Waals surface area contributed by atoms with Gasteiger partial charge in [-0.2, -0.15) is 0 Å². The summed E-state index contributed by atoms with van der Waals surface area (Å²) in [4.78, 5) is 4.12. The second-order valence-electron chi connectivity index (χ2n) is 4.17. The third-order valence-electron chi connectivity index (χ3n) is 2.98. The zero-order valence-electron chi connectivity index (χ0n) is 9.87. The topological polar surface area (TPSA) is 38.9 Å². The SMILES string of the molecule is CCCCC(CC)Cc1cccnc1N. The molecule has 0 saturated heterocycles. The minimum atomic E-state index is 0.701. The lowest BCUT2D eigenvalue weighted by Gasteiger charge is -2.15. The Hall–Kier alpha value is -1.05. The summed E-state index contributed by atoms with van der Waals surface area (Å²) in [5.74, 6) is 1.46. The van der Waals surface area contributed by atoms with E-state index in [1.54, 1.807) is 6.20 Å². The first-order valence-corrected chi connectivity index (χ1v) is 5.97. The molecule has 2 heteroatoms. The van der Waals surface area contributed by atoms with E-state index in [1.807, 2.05) is 6.07 Å². The first-order valence-electron chi connectivity index (χ1n) is 5.97. The summed E-state index contributed by atoms with van der Waals surface area (Å²) in [7, 11) is 0. The molecule has 84 valence electrons. The molecule has 0 aliphatic carbocycles. The van der Waals surface area contributed by atoms with Gasteiger partial charge in [0.1, 0.15) is 5.82 Å². The standard InChI is InChI=1S/C13H22N2/c1-3-5-7-11(4-2)10-12-8-6-9-15-13(12)14/h6,8-9,11H,3-5,7,10H2,1-2H3,(H2,14,15). The molecule has 1 aromatic heterocycles. The predicted molar refractivity (Wildman–Crippen MR) is 65.7 cm³/mol. The van der Waals surface area contributed by atoms with E-state index in [2.05, 4.69) is 24.9 Å². The van der Waals surface area contributed by atoms with E-state index in [0.29, 0.717) is 5.82 Å². The highest BCUT2D eigenvalue weighted by Crippen LogP contribution is 2.20. The van der Waals surface area contributed by atoms with Crippen LogP contribution >= 0.6 is 0 Å². The van der Waals surface area contributed by atoms with E-state index in [1.165, 1.54) is 31.2 Å². The third-order valence-corrected chi connectivity index (χ3v) is 2.98. The molecule has 1 rings (SSSR count). The van der Waals surface area contributed by atoms with Gasteiger partial charge in [-0.1, -0.05) is 45.6 Å². The lowest BCUT2D eigenvalue weighted by molar-refractivity contribution is 0.449. The van der Waals surface area contributed by atoms with E-state index in [-0.39, 0.29) is 0 Å². The van der Waals surface area contributed by atoms with Crippen molar-refractivity contribution in [2.45, 2.75) is 46.0 Å². The minimum absolute atomic E-state index is 0.701. The summed E-state index contributed by atoms with van der Waals surface area (Å²) < 4.78 is 0. The van der Waals surface area contributed by atoms with Crippen LogP contribution in [0.4, 0.5) is 5.82 Å². The van der Waals surface area contributed by atoms with Crippen LogP contribution < -0.4 is 5.73 Å². The number of nitrogens with two attached hydrogens (primary N) is 1. The van der Waals surface area contributed by atoms with Gasteiger partial charge >= 0.3 is 0 Å². The predicted octanol–water partition coefficient (Wildman–Crippen LogP) is 3.42. The normalized spacial score (nSPS) is 12.7. The van der Waals surface area contributed by atoms with Crippen LogP contribution in [0.25, 0.3) is 0 Å². The highest BCUT2D eigenvalue weighted by atomic mass is 14.8. The molecule has 0 bridgehead atoms. The maximum Gasteiger partial charge on any atom is 0.126 e. The van der Waals surface area contributed by atoms with Gasteiger partial charge in [-0.25, -0.2) is 4.98 Å². The van der Waals surface area contributed by atoms with Crippen molar-refractivity contribution < 1.29 is 0 Å². The van der Waals surface area contributed by atoms with Crippen LogP contribution in [0.3, 0.4) is 0 Å². The second kappa shape index (κ2) is 6.44. The van der Waals surface area contributed by atoms with Crippen molar-refractivity contribution in [2.75, 3.05) is 5.73 Å². The summed E-state index contributed by atoms with van der Waals surface area (Å²) in [6.07, 6.45) is 7.97. The van der Waals surface area contributed by atoms with E-state index >= 15 is 0 Å². The van der Waals surface area contributed by atoms with Crippen molar-refractivity contribution in [3.05, 3.63) is 23.9 Å². The Morgan fingerprint density at radius 3 is 2.80 bits per heavy atom. The first-order chi connectivity index (χ1) is 7.27. The molecule has 1 heterocycles. The van der Waals surface area contributed by atoms with Crippen LogP contribution in [-0.4, -0.2) is 4.98 Å². The molecule has 2 N–H and O–H groups in total. The Kier molecular flexibility index (Phi) is 5.16. The van der Waals surface area contributed by atoms with E-state index in [0.717, 1.165) is 12.3 Å². The molecular formula is C13H22N2. The number of anilines is 1. The van der Waals surface area contributed by atoms with Gasteiger partial charge in [-0.05, 0) is 24.0 Å². The fraction of sp³-hybridized carbons (Fsp3) is 0.615. The summed E-state index contributed by atoms with van der Waals surface area (Å²) >= 11 is 0. The Morgan fingerprint density at radius 2 is 2.20 bits per heavy atom. The lowest BCUT2D eigenvalue weighted by atomic mass is 9.92. The molecule has 1 unspecified atom stereocenters. The molecule has 0 aliphatic heterocycles. The number of hydrogen-bond acceptors (Lipinski definition) is 2. The molecule has 0 saturated carbocycles. The Morgan fingerprint density at radius 1 is 1.40 bits per heavy atom. The molecule has 0 aliphatic rings. The van der Waals surface area contributed by atoms with Crippen molar-refractivity contribution in [3.8, 4) is 0 Å². The zero-order chi connectivity index (χ0) is 11.1. The quantitative estimate of drug-likeness (QED) is 0.774. The number of unbranched alkanes of at least 4 members (excludes halogenated alkanes) is 1. The monoisotopic (exact) mass is 206 g/mol. The number of nitrogen functional groups attached to an aromatic ring is 1. The maximum atomic E-state index is 5.84. The van der Waals surface area contributed by atoms with Gasteiger partial charge in [0.2, 0.25) is 0 Å². The fourth-order valence-electron chi connectivity index (χ4n) is 1.88. The minimum Gasteiger partial charge on any atom is -0.383 e. The molecule has 1 aromatic rings. The zero-order valence-corrected chi connectivity index (χ0v) is 9.87. The lowest BCUT2D eigenvalue weighted by Crippen LogP contribution is -2.06. The van der Waals surface area contributed by atoms with Gasteiger partial charge in [-0.15, -0.1) is 0 Å². The van der Waals surface area contributed by atoms with Crippen molar-refractivity contribution in [3.63, 3.8) is 0 Å². The first kappa shape index (κ1) is 12.0. The summed E-state index contributed by atoms with van der Waals surface area (Å²) in [5, 5.41) is 0. The van der Waals surface area contributed by atoms with Crippen LogP contribution in [0, 0.1) is 5.92 Å². The van der Waals surface area contributed by atoms with Gasteiger partial charge in [0.25, 0.3) is 0 Å². The summed E-state index contributed by atoms with van der Waals surface area (Å²) in [6.45, 7) is 4.50. The maximum absolute atomic E-state index is 5.84. The Bertz CT molecular complexity index is 284. The van der Waals surface area contributed by atoms with Gasteiger partial charge < -0.3 is 5.73 Å². The number of rotatable bonds is 6. The molecule has 0 aromatic carbocycles. The van der Waals surface area contributed by atoms with Gasteiger partial charge in [0.15, 0.2) is 0 Å². The smallest absolute Gasteiger partial charge is 0.126 e. The largest absolute Gasteiger partial charge is 0.383 e. The summed E-state index contributed by atoms with van der Waals surface area (Å²) in [5.41, 5.74) is 7.05. The second-order valence-corrected chi connectivity index (χ2v) is 4.17. The van der Waals surface area contributed by atoms with E-state index in [4.69, 9.17) is 5.73 Å². The highest BCUT2D eigenvalue weighted by Gasteiger charge is 2.09. The summed E-state index contributed by atoms with van der Waals surface area (Å²) in [6, 6.07) is 4.06. The number of hydrogen-bond donors (Lipinski definition) is 1. The molecule has 0 amide bonds. The van der Waals surface area contributed by atoms with Crippen molar-refractivity contribution in [1.82, 2.24) is 4.98 Å². The average Bonchev–Trinajstić information content (AvgIpc) is 2.26. The van der Waals surface area contributed by atoms with E-state index in [9.17, 15) is 0 Å². The van der Waals surface area contributed by atoms with Gasteiger partial charge in [0, 0.05) is 6.20 Å². The average molecular weight is 206 g/mol. The van der Waals surface area contributed by atoms with Crippen LogP contribution in [0.1, 0.15) is 45.1 Å². The van der Waals surface area contributed by atoms with Gasteiger partial charge in [0.05, 0.1) is 0 Å². The third kappa shape index (κ3) is 3.90. The number of pyridine rings is 1. The fourth-order valence-corrected chi connectivity index (χ4v) is 1.88. The molecular weight excluding hydrogens is 184 g/mol. The van der Waals surface area contributed by atoms with Crippen LogP contribution in [-0.2, 0) is 6.42 Å². The Balaban J connectivity index is 2.54. The van der Waals surface area contributed by atoms with Gasteiger partial charge in [-0.3, -0.25) is 0 Å². The molecule has 0 fully saturated rings. The number of nitrogens with zero attached hydrogens (tertiary/aromatic N) is 1. The molecule has 1 atom stereocenters. The van der Waals surface area contributed by atoms with Crippen molar-refractivity contribution in [2.24, 2.45) is 5.92 Å². The van der Waals surface area contributed by atoms with Crippen LogP contribution in [0.2, 0.25) is 0 Å². The van der Waals surface area contributed by atoms with E-state index < -0.39 is 0 Å². The molecule has 2 nitrogen and oxygen atoms in total. The van der Waals surface area contributed by atoms with Crippen molar-refractivity contribution in [1.29, 1.82) is 0 Å². The molecule has 0 spiro atoms. The highest BCUT2D eigenvalue weighted by molar-refractivity contribution is 5.38. The van der Waals surface area contributed by atoms with Crippen LogP contribution in [0.5, 0.6) is 0 Å². The molecule has 0 radical (unpaired) electrons. The molecule has 15 heavy (non-hydrogen) atoms. The Labute approximate surface area is 92.9 Å².